The average molecular weight is 460 g/mol. The Kier molecular flexibility index (Phi) is 6.93. The number of piperazine rings is 1. The number of hydrogen-bond donors (Lipinski definition) is 1. The van der Waals surface area contributed by atoms with Crippen LogP contribution in [-0.4, -0.2) is 60.3 Å². The summed E-state index contributed by atoms with van der Waals surface area (Å²) in [7, 11) is -0.480. The number of methoxy groups -OCH3 is 2. The molecule has 174 valence electrons. The maximum absolute atomic E-state index is 12.6. The minimum atomic E-state index is -3.77. The van der Waals surface area contributed by atoms with Crippen LogP contribution in [0, 0.1) is 0 Å². The van der Waals surface area contributed by atoms with Crippen molar-refractivity contribution in [3.8, 4) is 11.5 Å². The lowest BCUT2D eigenvalue weighted by Crippen LogP contribution is -2.47. The van der Waals surface area contributed by atoms with Gasteiger partial charge >= 0.3 is 0 Å². The summed E-state index contributed by atoms with van der Waals surface area (Å²) >= 11 is 0. The fourth-order valence-electron chi connectivity index (χ4n) is 4.95. The smallest absolute Gasteiger partial charge is 0.216 e. The summed E-state index contributed by atoms with van der Waals surface area (Å²) < 4.78 is 36.2. The molecule has 0 saturated carbocycles. The van der Waals surface area contributed by atoms with Crippen molar-refractivity contribution in [3.63, 3.8) is 0 Å². The van der Waals surface area contributed by atoms with Crippen LogP contribution in [-0.2, 0) is 22.9 Å². The lowest BCUT2D eigenvalue weighted by molar-refractivity contribution is 0.252. The highest BCUT2D eigenvalue weighted by Crippen LogP contribution is 2.37. The molecule has 2 aromatic carbocycles. The standard InChI is InChI=1S/C24H33N3O4S/c1-30-22-9-4-3-8-21(22)27-14-12-26(13-15-27)11-10-24(32(25,28)29)20-16-18-6-5-7-19(18)17-23(20)31-2/h3-4,8-9,16-17,24H,5-7,10-15H2,1-2H3,(H2,25,28,29). The second-order valence-corrected chi connectivity index (χ2v) is 10.3. The van der Waals surface area contributed by atoms with Gasteiger partial charge in [-0.05, 0) is 61.6 Å². The molecule has 1 saturated heterocycles. The number of sulfonamides is 1. The molecular formula is C24H33N3O4S. The third-order valence-corrected chi connectivity index (χ3v) is 7.98. The molecule has 0 aromatic heterocycles. The van der Waals surface area contributed by atoms with Crippen LogP contribution in [0.15, 0.2) is 36.4 Å². The van der Waals surface area contributed by atoms with Crippen molar-refractivity contribution in [2.75, 3.05) is 51.8 Å². The Labute approximate surface area is 191 Å². The summed E-state index contributed by atoms with van der Waals surface area (Å²) in [6.45, 7) is 4.11. The molecule has 1 heterocycles. The van der Waals surface area contributed by atoms with E-state index in [9.17, 15) is 8.42 Å². The molecule has 32 heavy (non-hydrogen) atoms. The van der Waals surface area contributed by atoms with Crippen LogP contribution in [0.3, 0.4) is 0 Å². The maximum Gasteiger partial charge on any atom is 0.216 e. The molecule has 1 aliphatic carbocycles. The third kappa shape index (κ3) is 4.87. The average Bonchev–Trinajstić information content (AvgIpc) is 3.25. The predicted octanol–water partition coefficient (Wildman–Crippen LogP) is 2.73. The molecule has 1 unspecified atom stereocenters. The number of rotatable bonds is 8. The largest absolute Gasteiger partial charge is 0.496 e. The Bertz CT molecular complexity index is 1050. The van der Waals surface area contributed by atoms with Crippen LogP contribution in [0.25, 0.3) is 0 Å². The van der Waals surface area contributed by atoms with E-state index in [0.29, 0.717) is 24.3 Å². The van der Waals surface area contributed by atoms with Gasteiger partial charge in [0.25, 0.3) is 0 Å². The quantitative estimate of drug-likeness (QED) is 0.653. The first-order valence-corrected chi connectivity index (χ1v) is 12.8. The maximum atomic E-state index is 12.6. The molecule has 7 nitrogen and oxygen atoms in total. The van der Waals surface area contributed by atoms with Gasteiger partial charge in [-0.1, -0.05) is 18.2 Å². The van der Waals surface area contributed by atoms with E-state index in [1.165, 1.54) is 11.1 Å². The lowest BCUT2D eigenvalue weighted by Gasteiger charge is -2.37. The minimum Gasteiger partial charge on any atom is -0.496 e. The molecule has 0 radical (unpaired) electrons. The molecule has 2 aromatic rings. The van der Waals surface area contributed by atoms with E-state index in [1.54, 1.807) is 14.2 Å². The van der Waals surface area contributed by atoms with Crippen LogP contribution >= 0.6 is 0 Å². The van der Waals surface area contributed by atoms with Crippen molar-refractivity contribution in [1.29, 1.82) is 0 Å². The summed E-state index contributed by atoms with van der Waals surface area (Å²) in [6.07, 6.45) is 3.54. The number of para-hydroxylation sites is 2. The zero-order valence-electron chi connectivity index (χ0n) is 18.9. The Morgan fingerprint density at radius 2 is 1.62 bits per heavy atom. The van der Waals surface area contributed by atoms with Gasteiger partial charge in [-0.2, -0.15) is 0 Å². The van der Waals surface area contributed by atoms with Crippen LogP contribution in [0.5, 0.6) is 11.5 Å². The van der Waals surface area contributed by atoms with E-state index < -0.39 is 15.3 Å². The molecule has 1 atom stereocenters. The van der Waals surface area contributed by atoms with Crippen molar-refractivity contribution in [2.24, 2.45) is 5.14 Å². The molecule has 0 spiro atoms. The minimum absolute atomic E-state index is 0.447. The second-order valence-electron chi connectivity index (χ2n) is 8.58. The molecule has 2 N–H and O–H groups in total. The first kappa shape index (κ1) is 22.9. The second kappa shape index (κ2) is 9.68. The fraction of sp³-hybridized carbons (Fsp3) is 0.500. The number of aryl methyl sites for hydroxylation is 2. The molecule has 2 aliphatic rings. The third-order valence-electron chi connectivity index (χ3n) is 6.69. The lowest BCUT2D eigenvalue weighted by atomic mass is 10.0. The van der Waals surface area contributed by atoms with E-state index in [4.69, 9.17) is 14.6 Å². The molecule has 8 heteroatoms. The summed E-state index contributed by atoms with van der Waals surface area (Å²) in [4.78, 5) is 4.62. The van der Waals surface area contributed by atoms with Crippen molar-refractivity contribution in [1.82, 2.24) is 4.90 Å². The highest BCUT2D eigenvalue weighted by atomic mass is 32.2. The number of benzene rings is 2. The predicted molar refractivity (Wildman–Crippen MR) is 127 cm³/mol. The van der Waals surface area contributed by atoms with E-state index >= 15 is 0 Å². The van der Waals surface area contributed by atoms with Gasteiger partial charge in [-0.25, -0.2) is 13.6 Å². The summed E-state index contributed by atoms with van der Waals surface area (Å²) in [6, 6.07) is 12.1. The number of nitrogens with zero attached hydrogens (tertiary/aromatic N) is 2. The highest BCUT2D eigenvalue weighted by Gasteiger charge is 2.30. The molecule has 0 amide bonds. The van der Waals surface area contributed by atoms with Gasteiger partial charge in [0.2, 0.25) is 10.0 Å². The molecule has 0 bridgehead atoms. The normalized spacial score (nSPS) is 17.8. The van der Waals surface area contributed by atoms with Crippen LogP contribution in [0.1, 0.15) is 34.8 Å². The van der Waals surface area contributed by atoms with Crippen molar-refractivity contribution in [2.45, 2.75) is 30.9 Å². The van der Waals surface area contributed by atoms with Gasteiger partial charge < -0.3 is 14.4 Å². The molecule has 4 rings (SSSR count). The van der Waals surface area contributed by atoms with Crippen molar-refractivity contribution < 1.29 is 17.9 Å². The number of hydrogen-bond acceptors (Lipinski definition) is 6. The first-order valence-electron chi connectivity index (χ1n) is 11.2. The van der Waals surface area contributed by atoms with Crippen molar-refractivity contribution in [3.05, 3.63) is 53.1 Å². The molecule has 1 aliphatic heterocycles. The van der Waals surface area contributed by atoms with Gasteiger partial charge in [0, 0.05) is 31.7 Å². The van der Waals surface area contributed by atoms with Gasteiger partial charge in [0.1, 0.15) is 16.7 Å². The highest BCUT2D eigenvalue weighted by molar-refractivity contribution is 7.89. The SMILES string of the molecule is COc1cc2c(cc1C(CCN1CCN(c3ccccc3OC)CC1)S(N)(=O)=O)CCC2. The van der Waals surface area contributed by atoms with Crippen LogP contribution in [0.2, 0.25) is 0 Å². The first-order chi connectivity index (χ1) is 15.4. The van der Waals surface area contributed by atoms with Crippen molar-refractivity contribution >= 4 is 15.7 Å². The zero-order chi connectivity index (χ0) is 22.7. The van der Waals surface area contributed by atoms with E-state index in [2.05, 4.69) is 15.9 Å². The number of ether oxygens (including phenoxy) is 2. The molecule has 1 fully saturated rings. The monoisotopic (exact) mass is 459 g/mol. The number of nitrogens with two attached hydrogens (primary N) is 1. The number of primary sulfonamides is 1. The Morgan fingerprint density at radius 1 is 0.969 bits per heavy atom. The Morgan fingerprint density at radius 3 is 2.28 bits per heavy atom. The Hall–Kier alpha value is -2.29. The van der Waals surface area contributed by atoms with Gasteiger partial charge in [0.15, 0.2) is 0 Å². The van der Waals surface area contributed by atoms with Crippen LogP contribution < -0.4 is 19.5 Å². The van der Waals surface area contributed by atoms with Gasteiger partial charge in [-0.15, -0.1) is 0 Å². The van der Waals surface area contributed by atoms with Gasteiger partial charge in [-0.3, -0.25) is 4.90 Å². The van der Waals surface area contributed by atoms with E-state index in [-0.39, 0.29) is 0 Å². The topological polar surface area (TPSA) is 85.1 Å². The fourth-order valence-corrected chi connectivity index (χ4v) is 5.92. The van der Waals surface area contributed by atoms with E-state index in [1.807, 2.05) is 30.3 Å². The van der Waals surface area contributed by atoms with Gasteiger partial charge in [0.05, 0.1) is 19.9 Å². The summed E-state index contributed by atoms with van der Waals surface area (Å²) in [5.74, 6) is 1.50. The van der Waals surface area contributed by atoms with Crippen LogP contribution in [0.4, 0.5) is 5.69 Å². The summed E-state index contributed by atoms with van der Waals surface area (Å²) in [5.41, 5.74) is 4.27. The number of anilines is 1. The Balaban J connectivity index is 1.44. The molecular weight excluding hydrogens is 426 g/mol. The van der Waals surface area contributed by atoms with E-state index in [0.717, 1.165) is 56.9 Å². The zero-order valence-corrected chi connectivity index (χ0v) is 19.7. The number of fused-ring (bicyclic) bond motifs is 1. The summed E-state index contributed by atoms with van der Waals surface area (Å²) in [5, 5.41) is 4.93.